The third kappa shape index (κ3) is 3.29. The maximum Gasteiger partial charge on any atom is 0.221 e. The summed E-state index contributed by atoms with van der Waals surface area (Å²) in [6.45, 7) is 4.50. The molecule has 0 saturated carbocycles. The third-order valence-corrected chi connectivity index (χ3v) is 3.24. The van der Waals surface area contributed by atoms with Gasteiger partial charge in [-0.1, -0.05) is 12.1 Å². The van der Waals surface area contributed by atoms with Crippen molar-refractivity contribution in [2.24, 2.45) is 0 Å². The molecule has 0 aliphatic heterocycles. The van der Waals surface area contributed by atoms with Crippen LogP contribution in [0.5, 0.6) is 5.88 Å². The molecule has 5 nitrogen and oxygen atoms in total. The molecule has 0 amide bonds. The van der Waals surface area contributed by atoms with Gasteiger partial charge in [0.15, 0.2) is 0 Å². The first kappa shape index (κ1) is 14.8. The van der Waals surface area contributed by atoms with E-state index in [1.54, 1.807) is 7.11 Å². The van der Waals surface area contributed by atoms with Crippen molar-refractivity contribution >= 4 is 5.82 Å². The lowest BCUT2D eigenvalue weighted by atomic mass is 10.1. The molecule has 0 aliphatic rings. The van der Waals surface area contributed by atoms with Crippen molar-refractivity contribution in [3.63, 3.8) is 0 Å². The maximum atomic E-state index is 8.82. The van der Waals surface area contributed by atoms with Crippen LogP contribution in [0, 0.1) is 25.2 Å². The lowest BCUT2D eigenvalue weighted by Crippen LogP contribution is -2.20. The molecule has 108 valence electrons. The van der Waals surface area contributed by atoms with Gasteiger partial charge in [-0.3, -0.25) is 0 Å². The van der Waals surface area contributed by atoms with Gasteiger partial charge in [0.05, 0.1) is 24.3 Å². The van der Waals surface area contributed by atoms with E-state index in [2.05, 4.69) is 16.0 Å². The predicted octanol–water partition coefficient (Wildman–Crippen LogP) is 2.61. The van der Waals surface area contributed by atoms with E-state index in [4.69, 9.17) is 10.00 Å². The summed E-state index contributed by atoms with van der Waals surface area (Å²) in [5, 5.41) is 8.82. The average molecular weight is 282 g/mol. The van der Waals surface area contributed by atoms with E-state index in [1.165, 1.54) is 0 Å². The lowest BCUT2D eigenvalue weighted by Gasteiger charge is -2.21. The zero-order valence-electron chi connectivity index (χ0n) is 12.7. The Labute approximate surface area is 124 Å². The topological polar surface area (TPSA) is 62.0 Å². The number of ether oxygens (including phenoxy) is 1. The van der Waals surface area contributed by atoms with E-state index < -0.39 is 0 Å². The van der Waals surface area contributed by atoms with Crippen LogP contribution < -0.4 is 9.64 Å². The summed E-state index contributed by atoms with van der Waals surface area (Å²) in [4.78, 5) is 10.8. The molecule has 5 heteroatoms. The molecule has 0 bridgehead atoms. The van der Waals surface area contributed by atoms with Crippen molar-refractivity contribution in [3.8, 4) is 11.9 Å². The van der Waals surface area contributed by atoms with Crippen molar-refractivity contribution in [1.29, 1.82) is 5.26 Å². The average Bonchev–Trinajstić information content (AvgIpc) is 2.49. The van der Waals surface area contributed by atoms with Crippen LogP contribution in [-0.4, -0.2) is 24.1 Å². The van der Waals surface area contributed by atoms with Gasteiger partial charge in [-0.25, -0.2) is 4.98 Å². The summed E-state index contributed by atoms with van der Waals surface area (Å²) in [5.74, 6) is 2.13. The summed E-state index contributed by atoms with van der Waals surface area (Å²) in [5.41, 5.74) is 2.70. The van der Waals surface area contributed by atoms with E-state index in [-0.39, 0.29) is 0 Å². The highest BCUT2D eigenvalue weighted by Gasteiger charge is 2.13. The second kappa shape index (κ2) is 6.23. The monoisotopic (exact) mass is 282 g/mol. The molecule has 2 rings (SSSR count). The zero-order chi connectivity index (χ0) is 15.4. The Morgan fingerprint density at radius 2 is 1.86 bits per heavy atom. The van der Waals surface area contributed by atoms with Crippen LogP contribution in [0.3, 0.4) is 0 Å². The first-order valence-corrected chi connectivity index (χ1v) is 6.64. The molecule has 2 aromatic rings. The van der Waals surface area contributed by atoms with Gasteiger partial charge in [-0.05, 0) is 31.5 Å². The highest BCUT2D eigenvalue weighted by atomic mass is 16.5. The molecule has 0 atom stereocenters. The summed E-state index contributed by atoms with van der Waals surface area (Å²) < 4.78 is 5.28. The number of aromatic nitrogens is 2. The molecule has 0 spiro atoms. The minimum absolute atomic E-state index is 0.601. The molecule has 1 aromatic carbocycles. The van der Waals surface area contributed by atoms with Crippen LogP contribution in [0.2, 0.25) is 0 Å². The summed E-state index contributed by atoms with van der Waals surface area (Å²) in [6, 6.07) is 9.67. The summed E-state index contributed by atoms with van der Waals surface area (Å²) in [6.07, 6.45) is 0. The molecule has 0 radical (unpaired) electrons. The van der Waals surface area contributed by atoms with Crippen LogP contribution in [0.25, 0.3) is 0 Å². The highest BCUT2D eigenvalue weighted by molar-refractivity contribution is 5.50. The van der Waals surface area contributed by atoms with E-state index in [9.17, 15) is 0 Å². The van der Waals surface area contributed by atoms with Crippen LogP contribution in [0.15, 0.2) is 24.3 Å². The largest absolute Gasteiger partial charge is 0.481 e. The van der Waals surface area contributed by atoms with E-state index in [0.717, 1.165) is 16.9 Å². The number of benzene rings is 1. The molecule has 1 aromatic heterocycles. The summed E-state index contributed by atoms with van der Waals surface area (Å²) in [7, 11) is 3.59. The first-order chi connectivity index (χ1) is 10.0. The van der Waals surface area contributed by atoms with Crippen LogP contribution in [0.4, 0.5) is 5.82 Å². The Kier molecular flexibility index (Phi) is 4.39. The first-order valence-electron chi connectivity index (χ1n) is 6.64. The van der Waals surface area contributed by atoms with Gasteiger partial charge in [0.25, 0.3) is 0 Å². The van der Waals surface area contributed by atoms with Crippen LogP contribution >= 0.6 is 0 Å². The Balaban J connectivity index is 2.25. The van der Waals surface area contributed by atoms with Crippen molar-refractivity contribution in [1.82, 2.24) is 9.97 Å². The van der Waals surface area contributed by atoms with Crippen molar-refractivity contribution < 1.29 is 4.74 Å². The van der Waals surface area contributed by atoms with Crippen molar-refractivity contribution in [3.05, 3.63) is 46.8 Å². The number of hydrogen-bond donors (Lipinski definition) is 0. The molecule has 1 heterocycles. The second-order valence-corrected chi connectivity index (χ2v) is 4.89. The normalized spacial score (nSPS) is 10.0. The number of aryl methyl sites for hydroxylation is 1. The van der Waals surface area contributed by atoms with Gasteiger partial charge in [-0.2, -0.15) is 10.2 Å². The van der Waals surface area contributed by atoms with E-state index in [0.29, 0.717) is 23.8 Å². The standard InChI is InChI=1S/C16H18N4O/c1-11-15(18-12(2)19-16(11)21-4)20(3)10-14-7-5-13(9-17)6-8-14/h5-8H,10H2,1-4H3. The van der Waals surface area contributed by atoms with E-state index in [1.807, 2.05) is 50.1 Å². The molecule has 0 fully saturated rings. The van der Waals surface area contributed by atoms with Gasteiger partial charge in [0, 0.05) is 13.6 Å². The van der Waals surface area contributed by atoms with Gasteiger partial charge >= 0.3 is 0 Å². The fourth-order valence-corrected chi connectivity index (χ4v) is 2.19. The van der Waals surface area contributed by atoms with Crippen molar-refractivity contribution in [2.45, 2.75) is 20.4 Å². The molecular formula is C16H18N4O. The SMILES string of the molecule is COc1nc(C)nc(N(C)Cc2ccc(C#N)cc2)c1C. The zero-order valence-corrected chi connectivity index (χ0v) is 12.7. The van der Waals surface area contributed by atoms with Gasteiger partial charge in [0.1, 0.15) is 11.6 Å². The number of methoxy groups -OCH3 is 1. The number of anilines is 1. The Morgan fingerprint density at radius 1 is 1.19 bits per heavy atom. The van der Waals surface area contributed by atoms with Gasteiger partial charge in [-0.15, -0.1) is 0 Å². The number of nitriles is 1. The Hall–Kier alpha value is -2.61. The smallest absolute Gasteiger partial charge is 0.221 e. The summed E-state index contributed by atoms with van der Waals surface area (Å²) >= 11 is 0. The minimum Gasteiger partial charge on any atom is -0.481 e. The Morgan fingerprint density at radius 3 is 2.43 bits per heavy atom. The molecular weight excluding hydrogens is 264 g/mol. The highest BCUT2D eigenvalue weighted by Crippen LogP contribution is 2.25. The number of nitrogens with zero attached hydrogens (tertiary/aromatic N) is 4. The predicted molar refractivity (Wildman–Crippen MR) is 81.3 cm³/mol. The molecule has 21 heavy (non-hydrogen) atoms. The van der Waals surface area contributed by atoms with Crippen LogP contribution in [0.1, 0.15) is 22.5 Å². The maximum absolute atomic E-state index is 8.82. The van der Waals surface area contributed by atoms with Gasteiger partial charge < -0.3 is 9.64 Å². The van der Waals surface area contributed by atoms with Crippen LogP contribution in [-0.2, 0) is 6.54 Å². The molecule has 0 unspecified atom stereocenters. The molecule has 0 aliphatic carbocycles. The molecule has 0 N–H and O–H groups in total. The second-order valence-electron chi connectivity index (χ2n) is 4.89. The fourth-order valence-electron chi connectivity index (χ4n) is 2.19. The quantitative estimate of drug-likeness (QED) is 0.862. The number of hydrogen-bond acceptors (Lipinski definition) is 5. The number of rotatable bonds is 4. The van der Waals surface area contributed by atoms with Gasteiger partial charge in [0.2, 0.25) is 5.88 Å². The van der Waals surface area contributed by atoms with E-state index >= 15 is 0 Å². The fraction of sp³-hybridized carbons (Fsp3) is 0.312. The minimum atomic E-state index is 0.601. The van der Waals surface area contributed by atoms with Crippen molar-refractivity contribution in [2.75, 3.05) is 19.1 Å². The Bertz CT molecular complexity index is 674. The molecule has 0 saturated heterocycles. The lowest BCUT2D eigenvalue weighted by molar-refractivity contribution is 0.392. The third-order valence-electron chi connectivity index (χ3n) is 3.24.